The molecule has 1 aliphatic heterocycles. The minimum absolute atomic E-state index is 0.327. The molecule has 1 fully saturated rings. The third kappa shape index (κ3) is 5.00. The van der Waals surface area contributed by atoms with Crippen LogP contribution in [0.25, 0.3) is 10.8 Å². The number of hydrogen-bond donors (Lipinski definition) is 0. The maximum Gasteiger partial charge on any atom is 0.187 e. The van der Waals surface area contributed by atoms with E-state index in [1.54, 1.807) is 12.1 Å². The van der Waals surface area contributed by atoms with E-state index >= 15 is 0 Å². The molecule has 6 heteroatoms. The first-order valence-electron chi connectivity index (χ1n) is 11.8. The monoisotopic (exact) mass is 505 g/mol. The standard InChI is InChI=1S/C29H28ClNO3S/c1-21-6-14-27(15-7-21)35(32,33)29(25-9-8-22-4-2-3-5-24(22)20-25)28(31-16-18-34-19-17-31)23-10-12-26(30)13-11-23/h2-15,20,28-29H,16-19H2,1H3. The molecular weight excluding hydrogens is 478 g/mol. The molecule has 4 aromatic carbocycles. The molecule has 1 saturated heterocycles. The minimum Gasteiger partial charge on any atom is -0.379 e. The average Bonchev–Trinajstić information content (AvgIpc) is 2.88. The molecule has 0 aliphatic carbocycles. The summed E-state index contributed by atoms with van der Waals surface area (Å²) >= 11 is 6.21. The van der Waals surface area contributed by atoms with E-state index in [0.29, 0.717) is 36.2 Å². The Bertz CT molecular complexity index is 1410. The first-order valence-corrected chi connectivity index (χ1v) is 13.7. The molecule has 4 aromatic rings. The zero-order chi connectivity index (χ0) is 24.4. The van der Waals surface area contributed by atoms with Crippen molar-refractivity contribution in [1.82, 2.24) is 4.90 Å². The SMILES string of the molecule is Cc1ccc(S(=O)(=O)C(c2ccc3ccccc3c2)C(c2ccc(Cl)cc2)N2CCOCC2)cc1. The topological polar surface area (TPSA) is 46.6 Å². The number of ether oxygens (including phenoxy) is 1. The van der Waals surface area contributed by atoms with Crippen LogP contribution < -0.4 is 0 Å². The molecule has 0 N–H and O–H groups in total. The molecule has 0 amide bonds. The van der Waals surface area contributed by atoms with Gasteiger partial charge in [-0.05, 0) is 59.2 Å². The van der Waals surface area contributed by atoms with Crippen molar-refractivity contribution in [2.24, 2.45) is 0 Å². The summed E-state index contributed by atoms with van der Waals surface area (Å²) < 4.78 is 34.5. The second kappa shape index (κ2) is 10.1. The van der Waals surface area contributed by atoms with Gasteiger partial charge >= 0.3 is 0 Å². The first kappa shape index (κ1) is 24.0. The predicted molar refractivity (Wildman–Crippen MR) is 142 cm³/mol. The van der Waals surface area contributed by atoms with E-state index in [-0.39, 0.29) is 0 Å². The van der Waals surface area contributed by atoms with Gasteiger partial charge in [-0.25, -0.2) is 8.42 Å². The highest BCUT2D eigenvalue weighted by Crippen LogP contribution is 2.44. The fourth-order valence-corrected chi connectivity index (χ4v) is 6.99. The first-order chi connectivity index (χ1) is 16.9. The summed E-state index contributed by atoms with van der Waals surface area (Å²) in [5, 5.41) is 1.91. The van der Waals surface area contributed by atoms with Gasteiger partial charge in [-0.15, -0.1) is 0 Å². The fourth-order valence-electron chi connectivity index (χ4n) is 4.88. The second-order valence-electron chi connectivity index (χ2n) is 9.03. The number of nitrogens with zero attached hydrogens (tertiary/aromatic N) is 1. The normalized spacial score (nSPS) is 16.7. The Morgan fingerprint density at radius 1 is 0.800 bits per heavy atom. The lowest BCUT2D eigenvalue weighted by atomic mass is 9.94. The fraction of sp³-hybridized carbons (Fsp3) is 0.241. The van der Waals surface area contributed by atoms with Gasteiger partial charge in [0.1, 0.15) is 5.25 Å². The molecule has 0 spiro atoms. The predicted octanol–water partition coefficient (Wildman–Crippen LogP) is 6.39. The number of fused-ring (bicyclic) bond motifs is 1. The van der Waals surface area contributed by atoms with E-state index in [1.807, 2.05) is 85.8 Å². The van der Waals surface area contributed by atoms with E-state index in [4.69, 9.17) is 16.3 Å². The Morgan fingerprint density at radius 3 is 2.11 bits per heavy atom. The third-order valence-corrected chi connectivity index (χ3v) is 9.10. The van der Waals surface area contributed by atoms with E-state index < -0.39 is 21.1 Å². The smallest absolute Gasteiger partial charge is 0.187 e. The van der Waals surface area contributed by atoms with Gasteiger partial charge in [-0.1, -0.05) is 77.8 Å². The van der Waals surface area contributed by atoms with Crippen molar-refractivity contribution in [2.45, 2.75) is 23.1 Å². The van der Waals surface area contributed by atoms with Gasteiger partial charge in [-0.3, -0.25) is 4.90 Å². The molecule has 0 aromatic heterocycles. The Hall–Kier alpha value is -2.70. The van der Waals surface area contributed by atoms with Crippen LogP contribution in [0.3, 0.4) is 0 Å². The van der Waals surface area contributed by atoms with Crippen molar-refractivity contribution in [3.05, 3.63) is 113 Å². The van der Waals surface area contributed by atoms with Gasteiger partial charge < -0.3 is 4.74 Å². The van der Waals surface area contributed by atoms with Crippen LogP contribution >= 0.6 is 11.6 Å². The Morgan fingerprint density at radius 2 is 1.43 bits per heavy atom. The van der Waals surface area contributed by atoms with Gasteiger partial charge in [0.25, 0.3) is 0 Å². The van der Waals surface area contributed by atoms with Crippen LogP contribution in [0.4, 0.5) is 0 Å². The molecule has 180 valence electrons. The highest BCUT2D eigenvalue weighted by molar-refractivity contribution is 7.91. The summed E-state index contributed by atoms with van der Waals surface area (Å²) in [5.41, 5.74) is 2.72. The maximum absolute atomic E-state index is 14.4. The van der Waals surface area contributed by atoms with Gasteiger partial charge in [0, 0.05) is 18.1 Å². The summed E-state index contributed by atoms with van der Waals surface area (Å²) in [6.07, 6.45) is 0. The van der Waals surface area contributed by atoms with Gasteiger partial charge in [0.2, 0.25) is 0 Å². The second-order valence-corrected chi connectivity index (χ2v) is 11.5. The molecule has 2 atom stereocenters. The number of morpholine rings is 1. The average molecular weight is 506 g/mol. The van der Waals surface area contributed by atoms with E-state index in [2.05, 4.69) is 4.90 Å². The highest BCUT2D eigenvalue weighted by atomic mass is 35.5. The highest BCUT2D eigenvalue weighted by Gasteiger charge is 2.40. The Kier molecular flexibility index (Phi) is 6.94. The molecule has 0 bridgehead atoms. The summed E-state index contributed by atoms with van der Waals surface area (Å²) in [6, 6.07) is 28.4. The molecule has 2 unspecified atom stereocenters. The minimum atomic E-state index is -3.76. The van der Waals surface area contributed by atoms with Crippen LogP contribution in [0.15, 0.2) is 95.9 Å². The summed E-state index contributed by atoms with van der Waals surface area (Å²) in [4.78, 5) is 2.56. The van der Waals surface area contributed by atoms with Crippen LogP contribution in [0.1, 0.15) is 28.0 Å². The van der Waals surface area contributed by atoms with Crippen molar-refractivity contribution in [3.8, 4) is 0 Å². The molecule has 0 saturated carbocycles. The molecule has 0 radical (unpaired) electrons. The molecule has 1 aliphatic rings. The number of sulfone groups is 1. The van der Waals surface area contributed by atoms with Crippen LogP contribution in [0, 0.1) is 6.92 Å². The summed E-state index contributed by atoms with van der Waals surface area (Å²) in [7, 11) is -3.76. The van der Waals surface area contributed by atoms with Gasteiger partial charge in [-0.2, -0.15) is 0 Å². The van der Waals surface area contributed by atoms with Crippen LogP contribution in [0.5, 0.6) is 0 Å². The summed E-state index contributed by atoms with van der Waals surface area (Å²) in [5.74, 6) is 0. The van der Waals surface area contributed by atoms with Gasteiger partial charge in [0.05, 0.1) is 24.2 Å². The Balaban J connectivity index is 1.73. The van der Waals surface area contributed by atoms with Gasteiger partial charge in [0.15, 0.2) is 9.84 Å². The lowest BCUT2D eigenvalue weighted by Crippen LogP contribution is -2.43. The number of rotatable bonds is 6. The number of aryl methyl sites for hydroxylation is 1. The van der Waals surface area contributed by atoms with E-state index in [0.717, 1.165) is 27.5 Å². The van der Waals surface area contributed by atoms with E-state index in [1.165, 1.54) is 0 Å². The molecular formula is C29H28ClNO3S. The van der Waals surface area contributed by atoms with Crippen molar-refractivity contribution in [3.63, 3.8) is 0 Å². The van der Waals surface area contributed by atoms with Crippen LogP contribution in [-0.2, 0) is 14.6 Å². The Labute approximate surface area is 212 Å². The quantitative estimate of drug-likeness (QED) is 0.304. The largest absolute Gasteiger partial charge is 0.379 e. The van der Waals surface area contributed by atoms with Crippen LogP contribution in [-0.4, -0.2) is 39.6 Å². The summed E-state index contributed by atoms with van der Waals surface area (Å²) in [6.45, 7) is 4.40. The van der Waals surface area contributed by atoms with Crippen molar-refractivity contribution < 1.29 is 13.2 Å². The zero-order valence-electron chi connectivity index (χ0n) is 19.6. The maximum atomic E-state index is 14.4. The van der Waals surface area contributed by atoms with Crippen LogP contribution in [0.2, 0.25) is 5.02 Å². The zero-order valence-corrected chi connectivity index (χ0v) is 21.2. The number of halogens is 1. The molecule has 5 rings (SSSR count). The number of hydrogen-bond acceptors (Lipinski definition) is 4. The van der Waals surface area contributed by atoms with Crippen molar-refractivity contribution in [1.29, 1.82) is 0 Å². The molecule has 35 heavy (non-hydrogen) atoms. The molecule has 1 heterocycles. The number of benzene rings is 4. The molecule has 4 nitrogen and oxygen atoms in total. The lowest BCUT2D eigenvalue weighted by Gasteiger charge is -2.39. The lowest BCUT2D eigenvalue weighted by molar-refractivity contribution is 0.0149. The third-order valence-electron chi connectivity index (χ3n) is 6.72. The van der Waals surface area contributed by atoms with E-state index in [9.17, 15) is 8.42 Å². The van der Waals surface area contributed by atoms with Crippen molar-refractivity contribution in [2.75, 3.05) is 26.3 Å². The van der Waals surface area contributed by atoms with Crippen molar-refractivity contribution >= 4 is 32.2 Å².